The Bertz CT molecular complexity index is 819. The van der Waals surface area contributed by atoms with Gasteiger partial charge in [0.2, 0.25) is 5.91 Å². The Labute approximate surface area is 164 Å². The summed E-state index contributed by atoms with van der Waals surface area (Å²) in [6.45, 7) is 2.59. The summed E-state index contributed by atoms with van der Waals surface area (Å²) < 4.78 is 5.58. The lowest BCUT2D eigenvalue weighted by Crippen LogP contribution is -2.30. The average molecular weight is 383 g/mol. The Balaban J connectivity index is 1.80. The highest BCUT2D eigenvalue weighted by molar-refractivity contribution is 6.03. The number of amides is 2. The molecule has 2 rings (SSSR count). The first-order valence-electron chi connectivity index (χ1n) is 9.12. The fourth-order valence-electron chi connectivity index (χ4n) is 2.49. The lowest BCUT2D eigenvalue weighted by Gasteiger charge is -2.11. The van der Waals surface area contributed by atoms with Crippen LogP contribution in [-0.2, 0) is 4.79 Å². The zero-order chi connectivity index (χ0) is 20.4. The fraction of sp³-hybridized carbons (Fsp3) is 0.286. The molecule has 0 aliphatic carbocycles. The Morgan fingerprint density at radius 1 is 1.04 bits per heavy atom. The molecule has 0 aliphatic rings. The van der Waals surface area contributed by atoms with E-state index in [0.29, 0.717) is 48.7 Å². The van der Waals surface area contributed by atoms with Gasteiger partial charge in [-0.15, -0.1) is 0 Å². The minimum atomic E-state index is -0.279. The molecule has 0 spiro atoms. The predicted octanol–water partition coefficient (Wildman–Crippen LogP) is 2.38. The van der Waals surface area contributed by atoms with Crippen molar-refractivity contribution in [3.8, 4) is 5.75 Å². The third-order valence-corrected chi connectivity index (χ3v) is 3.95. The standard InChI is InChI=1S/C21H25N3O4/c1-15(25)16-8-10-17(11-9-16)28-14-4-7-20(26)24-19-6-3-2-5-18(19)21(27)23-13-12-22/h2-3,5-6,8-11H,4,7,12-14,22H2,1H3,(H,23,27)(H,24,26). The summed E-state index contributed by atoms with van der Waals surface area (Å²) in [5, 5.41) is 5.45. The molecule has 0 unspecified atom stereocenters. The van der Waals surface area contributed by atoms with E-state index in [4.69, 9.17) is 10.5 Å². The number of anilines is 1. The second-order valence-corrected chi connectivity index (χ2v) is 6.17. The molecule has 0 aliphatic heterocycles. The third kappa shape index (κ3) is 6.51. The number of carbonyl (C=O) groups is 3. The van der Waals surface area contributed by atoms with Gasteiger partial charge in [0.05, 0.1) is 17.9 Å². The fourth-order valence-corrected chi connectivity index (χ4v) is 2.49. The monoisotopic (exact) mass is 383 g/mol. The van der Waals surface area contributed by atoms with E-state index in [9.17, 15) is 14.4 Å². The minimum absolute atomic E-state index is 0.000196. The first kappa shape index (κ1) is 21.1. The second kappa shape index (κ2) is 10.8. The first-order chi connectivity index (χ1) is 13.5. The van der Waals surface area contributed by atoms with Gasteiger partial charge in [-0.3, -0.25) is 14.4 Å². The van der Waals surface area contributed by atoms with E-state index in [1.807, 2.05) is 0 Å². The van der Waals surface area contributed by atoms with Gasteiger partial charge in [-0.1, -0.05) is 12.1 Å². The van der Waals surface area contributed by atoms with Crippen molar-refractivity contribution in [3.63, 3.8) is 0 Å². The lowest BCUT2D eigenvalue weighted by molar-refractivity contribution is -0.116. The van der Waals surface area contributed by atoms with Crippen molar-refractivity contribution in [3.05, 3.63) is 59.7 Å². The van der Waals surface area contributed by atoms with Crippen molar-refractivity contribution in [2.24, 2.45) is 5.73 Å². The van der Waals surface area contributed by atoms with Crippen LogP contribution in [0.3, 0.4) is 0 Å². The molecular formula is C21H25N3O4. The van der Waals surface area contributed by atoms with E-state index in [1.165, 1.54) is 6.92 Å². The summed E-state index contributed by atoms with van der Waals surface area (Å²) in [5.74, 6) is 0.167. The van der Waals surface area contributed by atoms with Crippen LogP contribution in [0.2, 0.25) is 0 Å². The number of benzene rings is 2. The molecule has 0 fully saturated rings. The molecule has 0 bridgehead atoms. The second-order valence-electron chi connectivity index (χ2n) is 6.17. The van der Waals surface area contributed by atoms with Crippen LogP contribution >= 0.6 is 0 Å². The smallest absolute Gasteiger partial charge is 0.253 e. The summed E-state index contributed by atoms with van der Waals surface area (Å²) in [6, 6.07) is 13.7. The molecule has 0 heterocycles. The molecule has 7 heteroatoms. The molecule has 7 nitrogen and oxygen atoms in total. The van der Waals surface area contributed by atoms with Gasteiger partial charge in [0, 0.05) is 25.1 Å². The Morgan fingerprint density at radius 3 is 2.43 bits per heavy atom. The van der Waals surface area contributed by atoms with Crippen LogP contribution in [0.15, 0.2) is 48.5 Å². The van der Waals surface area contributed by atoms with Gasteiger partial charge in [-0.25, -0.2) is 0 Å². The van der Waals surface area contributed by atoms with Crippen LogP contribution in [0, 0.1) is 0 Å². The van der Waals surface area contributed by atoms with E-state index in [-0.39, 0.29) is 24.0 Å². The van der Waals surface area contributed by atoms with Crippen molar-refractivity contribution in [1.29, 1.82) is 0 Å². The highest BCUT2D eigenvalue weighted by atomic mass is 16.5. The average Bonchev–Trinajstić information content (AvgIpc) is 2.70. The number of hydrogen-bond donors (Lipinski definition) is 3. The topological polar surface area (TPSA) is 111 Å². The molecule has 0 radical (unpaired) electrons. The van der Waals surface area contributed by atoms with Crippen molar-refractivity contribution in [2.45, 2.75) is 19.8 Å². The lowest BCUT2D eigenvalue weighted by atomic mass is 10.1. The maximum atomic E-state index is 12.2. The van der Waals surface area contributed by atoms with E-state index in [0.717, 1.165) is 0 Å². The highest BCUT2D eigenvalue weighted by Crippen LogP contribution is 2.16. The van der Waals surface area contributed by atoms with Crippen LogP contribution in [0.5, 0.6) is 5.75 Å². The maximum absolute atomic E-state index is 12.2. The number of para-hydroxylation sites is 1. The molecule has 4 N–H and O–H groups in total. The van der Waals surface area contributed by atoms with Crippen LogP contribution in [0.1, 0.15) is 40.5 Å². The van der Waals surface area contributed by atoms with Gasteiger partial charge >= 0.3 is 0 Å². The predicted molar refractivity (Wildman–Crippen MR) is 108 cm³/mol. The summed E-state index contributed by atoms with van der Waals surface area (Å²) in [7, 11) is 0. The van der Waals surface area contributed by atoms with Crippen molar-refractivity contribution >= 4 is 23.3 Å². The number of nitrogens with one attached hydrogen (secondary N) is 2. The summed E-state index contributed by atoms with van der Waals surface area (Å²) >= 11 is 0. The van der Waals surface area contributed by atoms with Crippen molar-refractivity contribution in [2.75, 3.05) is 25.0 Å². The number of carbonyl (C=O) groups excluding carboxylic acids is 3. The molecular weight excluding hydrogens is 358 g/mol. The number of nitrogens with two attached hydrogens (primary N) is 1. The van der Waals surface area contributed by atoms with Crippen LogP contribution in [0.4, 0.5) is 5.69 Å². The number of Topliss-reactive ketones (excluding diaryl/α,β-unsaturated/α-hetero) is 1. The van der Waals surface area contributed by atoms with Gasteiger partial charge in [-0.2, -0.15) is 0 Å². The van der Waals surface area contributed by atoms with Gasteiger partial charge in [0.15, 0.2) is 5.78 Å². The number of ether oxygens (including phenoxy) is 1. The largest absolute Gasteiger partial charge is 0.494 e. The Morgan fingerprint density at radius 2 is 1.75 bits per heavy atom. The number of rotatable bonds is 10. The molecule has 0 saturated carbocycles. The first-order valence-corrected chi connectivity index (χ1v) is 9.12. The molecule has 0 atom stereocenters. The number of hydrogen-bond acceptors (Lipinski definition) is 5. The van der Waals surface area contributed by atoms with Crippen LogP contribution in [0.25, 0.3) is 0 Å². The number of ketones is 1. The molecule has 2 aromatic carbocycles. The Kier molecular flexibility index (Phi) is 8.17. The van der Waals surface area contributed by atoms with Crippen molar-refractivity contribution < 1.29 is 19.1 Å². The van der Waals surface area contributed by atoms with Gasteiger partial charge < -0.3 is 21.1 Å². The normalized spacial score (nSPS) is 10.2. The van der Waals surface area contributed by atoms with Gasteiger partial charge in [0.1, 0.15) is 5.75 Å². The van der Waals surface area contributed by atoms with Gasteiger partial charge in [-0.05, 0) is 49.7 Å². The Hall–Kier alpha value is -3.19. The quantitative estimate of drug-likeness (QED) is 0.431. The molecule has 148 valence electrons. The summed E-state index contributed by atoms with van der Waals surface area (Å²) in [5.41, 5.74) is 6.87. The van der Waals surface area contributed by atoms with Crippen LogP contribution in [-0.4, -0.2) is 37.3 Å². The minimum Gasteiger partial charge on any atom is -0.494 e. The molecule has 0 aromatic heterocycles. The van der Waals surface area contributed by atoms with Crippen LogP contribution < -0.4 is 21.1 Å². The SMILES string of the molecule is CC(=O)c1ccc(OCCCC(=O)Nc2ccccc2C(=O)NCCN)cc1. The molecule has 2 amide bonds. The summed E-state index contributed by atoms with van der Waals surface area (Å²) in [6.07, 6.45) is 0.770. The maximum Gasteiger partial charge on any atom is 0.253 e. The van der Waals surface area contributed by atoms with E-state index >= 15 is 0 Å². The zero-order valence-corrected chi connectivity index (χ0v) is 15.9. The van der Waals surface area contributed by atoms with E-state index < -0.39 is 0 Å². The molecule has 2 aromatic rings. The van der Waals surface area contributed by atoms with E-state index in [1.54, 1.807) is 48.5 Å². The summed E-state index contributed by atoms with van der Waals surface area (Å²) in [4.78, 5) is 35.6. The zero-order valence-electron chi connectivity index (χ0n) is 15.9. The van der Waals surface area contributed by atoms with E-state index in [2.05, 4.69) is 10.6 Å². The van der Waals surface area contributed by atoms with Gasteiger partial charge in [0.25, 0.3) is 5.91 Å². The third-order valence-electron chi connectivity index (χ3n) is 3.95. The highest BCUT2D eigenvalue weighted by Gasteiger charge is 2.12. The molecule has 0 saturated heterocycles. The van der Waals surface area contributed by atoms with Crippen molar-refractivity contribution in [1.82, 2.24) is 5.32 Å². The molecule has 28 heavy (non-hydrogen) atoms.